The number of benzene rings is 1. The average molecular weight is 298 g/mol. The van der Waals surface area contributed by atoms with Crippen LogP contribution in [0.25, 0.3) is 0 Å². The van der Waals surface area contributed by atoms with Crippen LogP contribution < -0.4 is 5.32 Å². The number of aromatic nitrogens is 1. The van der Waals surface area contributed by atoms with Crippen molar-refractivity contribution >= 4 is 33.3 Å². The zero-order valence-electron chi connectivity index (χ0n) is 8.45. The molecule has 0 unspecified atom stereocenters. The molecule has 2 aromatic rings. The monoisotopic (exact) mass is 296 g/mol. The molecule has 1 aromatic heterocycles. The summed E-state index contributed by atoms with van der Waals surface area (Å²) in [5.74, 6) is 0.842. The van der Waals surface area contributed by atoms with Crippen LogP contribution in [0.3, 0.4) is 0 Å². The lowest BCUT2D eigenvalue weighted by Crippen LogP contribution is -2.00. The molecule has 1 heterocycles. The predicted molar refractivity (Wildman–Crippen MR) is 70.7 cm³/mol. The number of rotatable bonds is 3. The van der Waals surface area contributed by atoms with Crippen molar-refractivity contribution in [2.24, 2.45) is 0 Å². The molecule has 0 saturated heterocycles. The number of nitrogens with one attached hydrogen (secondary N) is 1. The summed E-state index contributed by atoms with van der Waals surface area (Å²) in [5.41, 5.74) is 1.13. The molecule has 0 bridgehead atoms. The summed E-state index contributed by atoms with van der Waals surface area (Å²) < 4.78 is 0.823. The van der Waals surface area contributed by atoms with Crippen LogP contribution in [0.15, 0.2) is 47.1 Å². The first kappa shape index (κ1) is 11.4. The number of anilines is 1. The van der Waals surface area contributed by atoms with Crippen molar-refractivity contribution in [1.82, 2.24) is 4.98 Å². The highest BCUT2D eigenvalue weighted by Crippen LogP contribution is 2.14. The Hall–Kier alpha value is -1.06. The van der Waals surface area contributed by atoms with Crippen molar-refractivity contribution in [1.29, 1.82) is 0 Å². The van der Waals surface area contributed by atoms with E-state index < -0.39 is 0 Å². The highest BCUT2D eigenvalue weighted by atomic mass is 79.9. The molecular weight excluding hydrogens is 288 g/mol. The third kappa shape index (κ3) is 3.22. The van der Waals surface area contributed by atoms with Crippen LogP contribution in [0.2, 0.25) is 5.02 Å². The Kier molecular flexibility index (Phi) is 3.80. The predicted octanol–water partition coefficient (Wildman–Crippen LogP) is 4.11. The van der Waals surface area contributed by atoms with Gasteiger partial charge in [-0.3, -0.25) is 0 Å². The minimum Gasteiger partial charge on any atom is -0.366 e. The average Bonchev–Trinajstić information content (AvgIpc) is 2.27. The highest BCUT2D eigenvalue weighted by Gasteiger charge is 1.96. The van der Waals surface area contributed by atoms with Crippen molar-refractivity contribution in [3.63, 3.8) is 0 Å². The van der Waals surface area contributed by atoms with Gasteiger partial charge in [-0.1, -0.05) is 29.8 Å². The molecule has 16 heavy (non-hydrogen) atoms. The molecule has 0 aliphatic rings. The molecule has 0 atom stereocenters. The molecule has 2 rings (SSSR count). The van der Waals surface area contributed by atoms with Gasteiger partial charge in [-0.25, -0.2) is 4.98 Å². The normalized spacial score (nSPS) is 10.1. The maximum Gasteiger partial charge on any atom is 0.127 e. The van der Waals surface area contributed by atoms with Crippen molar-refractivity contribution in [3.8, 4) is 0 Å². The smallest absolute Gasteiger partial charge is 0.127 e. The summed E-state index contributed by atoms with van der Waals surface area (Å²) in [7, 11) is 0. The quantitative estimate of drug-likeness (QED) is 0.862. The van der Waals surface area contributed by atoms with Crippen LogP contribution in [-0.2, 0) is 6.54 Å². The van der Waals surface area contributed by atoms with E-state index in [9.17, 15) is 0 Å². The summed E-state index contributed by atoms with van der Waals surface area (Å²) in [6, 6.07) is 13.5. The van der Waals surface area contributed by atoms with E-state index in [0.29, 0.717) is 6.54 Å². The van der Waals surface area contributed by atoms with Gasteiger partial charge in [-0.15, -0.1) is 0 Å². The Balaban J connectivity index is 2.02. The Bertz CT molecular complexity index is 442. The first-order valence-electron chi connectivity index (χ1n) is 4.85. The first-order chi connectivity index (χ1) is 7.74. The minimum absolute atomic E-state index is 0.712. The third-order valence-electron chi connectivity index (χ3n) is 2.08. The van der Waals surface area contributed by atoms with Gasteiger partial charge in [0, 0.05) is 11.6 Å². The van der Waals surface area contributed by atoms with E-state index in [0.717, 1.165) is 21.0 Å². The van der Waals surface area contributed by atoms with Gasteiger partial charge in [0.2, 0.25) is 0 Å². The number of hydrogen-bond acceptors (Lipinski definition) is 2. The Morgan fingerprint density at radius 2 is 2.00 bits per heavy atom. The Morgan fingerprint density at radius 1 is 1.19 bits per heavy atom. The number of nitrogens with zero attached hydrogens (tertiary/aromatic N) is 1. The van der Waals surface area contributed by atoms with Crippen molar-refractivity contribution in [2.45, 2.75) is 6.54 Å². The third-order valence-corrected chi connectivity index (χ3v) is 2.75. The zero-order chi connectivity index (χ0) is 11.4. The second-order valence-electron chi connectivity index (χ2n) is 3.33. The van der Waals surface area contributed by atoms with Crippen LogP contribution in [0, 0.1) is 0 Å². The molecule has 0 amide bonds. The van der Waals surface area contributed by atoms with E-state index in [1.807, 2.05) is 42.5 Å². The molecular formula is C12H10BrClN2. The van der Waals surface area contributed by atoms with Crippen molar-refractivity contribution in [2.75, 3.05) is 5.32 Å². The molecule has 0 spiro atoms. The van der Waals surface area contributed by atoms with E-state index in [1.165, 1.54) is 0 Å². The first-order valence-corrected chi connectivity index (χ1v) is 6.02. The van der Waals surface area contributed by atoms with Gasteiger partial charge in [0.15, 0.2) is 0 Å². The molecule has 0 saturated carbocycles. The maximum absolute atomic E-state index is 5.90. The van der Waals surface area contributed by atoms with Crippen LogP contribution in [0.1, 0.15) is 5.56 Å². The van der Waals surface area contributed by atoms with Gasteiger partial charge >= 0.3 is 0 Å². The van der Waals surface area contributed by atoms with Crippen LogP contribution in [-0.4, -0.2) is 4.98 Å². The van der Waals surface area contributed by atoms with Crippen molar-refractivity contribution < 1.29 is 0 Å². The fraction of sp³-hybridized carbons (Fsp3) is 0.0833. The lowest BCUT2D eigenvalue weighted by atomic mass is 10.2. The van der Waals surface area contributed by atoms with Crippen molar-refractivity contribution in [3.05, 3.63) is 57.7 Å². The summed E-state index contributed by atoms with van der Waals surface area (Å²) in [6.07, 6.45) is 0. The lowest BCUT2D eigenvalue weighted by Gasteiger charge is -2.06. The van der Waals surface area contributed by atoms with Gasteiger partial charge in [0.25, 0.3) is 0 Å². The highest BCUT2D eigenvalue weighted by molar-refractivity contribution is 9.10. The van der Waals surface area contributed by atoms with Gasteiger partial charge in [0.1, 0.15) is 10.4 Å². The fourth-order valence-corrected chi connectivity index (χ4v) is 1.90. The summed E-state index contributed by atoms with van der Waals surface area (Å²) in [6.45, 7) is 0.712. The van der Waals surface area contributed by atoms with E-state index in [2.05, 4.69) is 26.2 Å². The topological polar surface area (TPSA) is 24.9 Å². The molecule has 2 nitrogen and oxygen atoms in total. The molecule has 82 valence electrons. The molecule has 0 aliphatic carbocycles. The molecule has 1 N–H and O–H groups in total. The van der Waals surface area contributed by atoms with Crippen LogP contribution >= 0.6 is 27.5 Å². The molecule has 0 aliphatic heterocycles. The summed E-state index contributed by atoms with van der Waals surface area (Å²) >= 11 is 9.23. The number of halogens is 2. The zero-order valence-corrected chi connectivity index (χ0v) is 10.8. The van der Waals surface area contributed by atoms with E-state index in [-0.39, 0.29) is 0 Å². The second-order valence-corrected chi connectivity index (χ2v) is 4.58. The van der Waals surface area contributed by atoms with Gasteiger partial charge in [0.05, 0.1) is 0 Å². The SMILES string of the molecule is Clc1cccc(CNc2cccc(Br)n2)c1. The largest absolute Gasteiger partial charge is 0.366 e. The molecule has 1 aromatic carbocycles. The number of hydrogen-bond donors (Lipinski definition) is 1. The summed E-state index contributed by atoms with van der Waals surface area (Å²) in [5, 5.41) is 3.98. The maximum atomic E-state index is 5.90. The number of pyridine rings is 1. The Labute approximate surface area is 108 Å². The van der Waals surface area contributed by atoms with Crippen LogP contribution in [0.5, 0.6) is 0 Å². The van der Waals surface area contributed by atoms with Gasteiger partial charge in [-0.2, -0.15) is 0 Å². The van der Waals surface area contributed by atoms with Gasteiger partial charge in [-0.05, 0) is 45.8 Å². The minimum atomic E-state index is 0.712. The van der Waals surface area contributed by atoms with Gasteiger partial charge < -0.3 is 5.32 Å². The van der Waals surface area contributed by atoms with Crippen LogP contribution in [0.4, 0.5) is 5.82 Å². The molecule has 0 fully saturated rings. The summed E-state index contributed by atoms with van der Waals surface area (Å²) in [4.78, 5) is 4.28. The lowest BCUT2D eigenvalue weighted by molar-refractivity contribution is 1.10. The van der Waals surface area contributed by atoms with E-state index in [1.54, 1.807) is 0 Å². The Morgan fingerprint density at radius 3 is 2.75 bits per heavy atom. The molecule has 4 heteroatoms. The molecule has 0 radical (unpaired) electrons. The standard InChI is InChI=1S/C12H10BrClN2/c13-11-5-2-6-12(16-11)15-8-9-3-1-4-10(14)7-9/h1-7H,8H2,(H,15,16). The second kappa shape index (κ2) is 5.32. The van der Waals surface area contributed by atoms with E-state index in [4.69, 9.17) is 11.6 Å². The fourth-order valence-electron chi connectivity index (χ4n) is 1.35. The van der Waals surface area contributed by atoms with E-state index >= 15 is 0 Å².